The van der Waals surface area contributed by atoms with Crippen molar-refractivity contribution in [3.8, 4) is 0 Å². The van der Waals surface area contributed by atoms with E-state index in [0.717, 1.165) is 89.7 Å². The van der Waals surface area contributed by atoms with Crippen molar-refractivity contribution >= 4 is 11.7 Å². The third kappa shape index (κ3) is 7.50. The lowest BCUT2D eigenvalue weighted by Crippen LogP contribution is -2.48. The van der Waals surface area contributed by atoms with Crippen LogP contribution in [0.25, 0.3) is 0 Å². The smallest absolute Gasteiger partial charge is 0.354 e. The zero-order chi connectivity index (χ0) is 23.8. The van der Waals surface area contributed by atoms with Gasteiger partial charge >= 0.3 is 5.97 Å². The van der Waals surface area contributed by atoms with Crippen LogP contribution >= 0.6 is 0 Å². The molecule has 4 N–H and O–H groups in total. The lowest BCUT2D eigenvalue weighted by atomic mass is 9.98. The number of benzene rings is 1. The van der Waals surface area contributed by atoms with Crippen molar-refractivity contribution < 1.29 is 9.90 Å². The van der Waals surface area contributed by atoms with E-state index in [1.807, 2.05) is 18.2 Å². The molecule has 1 aromatic carbocycles. The Hall–Kier alpha value is -2.52. The largest absolute Gasteiger partial charge is 0.477 e. The Labute approximate surface area is 202 Å². The van der Waals surface area contributed by atoms with Crippen LogP contribution in [0.3, 0.4) is 0 Å². The monoisotopic (exact) mass is 466 g/mol. The number of rotatable bonds is 5. The van der Waals surface area contributed by atoms with E-state index < -0.39 is 5.97 Å². The van der Waals surface area contributed by atoms with Gasteiger partial charge in [0, 0.05) is 58.0 Å². The van der Waals surface area contributed by atoms with Crippen molar-refractivity contribution in [2.24, 2.45) is 5.92 Å². The van der Waals surface area contributed by atoms with Crippen LogP contribution < -0.4 is 11.1 Å². The first-order valence-corrected chi connectivity index (χ1v) is 12.5. The number of nitrogens with zero attached hydrogens (tertiary/aromatic N) is 4. The predicted molar refractivity (Wildman–Crippen MR) is 135 cm³/mol. The highest BCUT2D eigenvalue weighted by atomic mass is 16.4. The van der Waals surface area contributed by atoms with E-state index in [-0.39, 0.29) is 5.69 Å². The summed E-state index contributed by atoms with van der Waals surface area (Å²) >= 11 is 0. The zero-order valence-corrected chi connectivity index (χ0v) is 20.0. The van der Waals surface area contributed by atoms with E-state index in [1.165, 1.54) is 5.56 Å². The van der Waals surface area contributed by atoms with Crippen LogP contribution in [0.2, 0.25) is 0 Å². The number of nitrogens with one attached hydrogen (secondary N) is 1. The second-order valence-electron chi connectivity index (χ2n) is 9.61. The molecule has 2 saturated heterocycles. The lowest BCUT2D eigenvalue weighted by Gasteiger charge is -2.36. The van der Waals surface area contributed by atoms with Crippen molar-refractivity contribution in [2.75, 3.05) is 71.2 Å². The van der Waals surface area contributed by atoms with Gasteiger partial charge in [-0.3, -0.25) is 4.90 Å². The molecular formula is C26H38N6O2. The fraction of sp³-hybridized carbons (Fsp3) is 0.538. The quantitative estimate of drug-likeness (QED) is 0.572. The summed E-state index contributed by atoms with van der Waals surface area (Å²) in [6.07, 6.45) is 2.15. The van der Waals surface area contributed by atoms with Gasteiger partial charge in [-0.25, -0.2) is 9.78 Å². The Morgan fingerprint density at radius 2 is 1.79 bits per heavy atom. The first-order chi connectivity index (χ1) is 16.5. The molecule has 3 atom stereocenters. The van der Waals surface area contributed by atoms with Crippen LogP contribution in [0.4, 0.5) is 5.69 Å². The number of aromatic carboxylic acids is 1. The zero-order valence-electron chi connectivity index (χ0n) is 20.0. The summed E-state index contributed by atoms with van der Waals surface area (Å²) in [7, 11) is 0. The average molecular weight is 467 g/mol. The minimum absolute atomic E-state index is 0.117. The normalized spacial score (nSPS) is 25.0. The van der Waals surface area contributed by atoms with E-state index in [0.29, 0.717) is 12.5 Å². The molecule has 34 heavy (non-hydrogen) atoms. The van der Waals surface area contributed by atoms with Gasteiger partial charge in [0.05, 0.1) is 5.69 Å². The molecule has 4 rings (SSSR count). The second kappa shape index (κ2) is 12.3. The van der Waals surface area contributed by atoms with Crippen molar-refractivity contribution in [3.63, 3.8) is 0 Å². The molecule has 3 unspecified atom stereocenters. The summed E-state index contributed by atoms with van der Waals surface area (Å²) in [5, 5.41) is 13.0. The summed E-state index contributed by atoms with van der Waals surface area (Å²) in [5.41, 5.74) is 8.97. The molecular weight excluding hydrogens is 428 g/mol. The number of nitrogen functional groups attached to an aromatic ring is 1. The van der Waals surface area contributed by atoms with Crippen molar-refractivity contribution in [1.82, 2.24) is 25.0 Å². The number of aromatic nitrogens is 1. The van der Waals surface area contributed by atoms with Crippen LogP contribution in [0.15, 0.2) is 42.5 Å². The number of pyridine rings is 1. The van der Waals surface area contributed by atoms with Gasteiger partial charge < -0.3 is 26.0 Å². The lowest BCUT2D eigenvalue weighted by molar-refractivity contribution is 0.0689. The molecule has 1 aromatic heterocycles. The summed E-state index contributed by atoms with van der Waals surface area (Å²) in [6.45, 7) is 11.1. The highest BCUT2D eigenvalue weighted by Gasteiger charge is 2.21. The van der Waals surface area contributed by atoms with Gasteiger partial charge in [0.1, 0.15) is 5.69 Å². The Balaban J connectivity index is 1.43. The van der Waals surface area contributed by atoms with Gasteiger partial charge in [-0.2, -0.15) is 0 Å². The Kier molecular flexibility index (Phi) is 8.87. The second-order valence-corrected chi connectivity index (χ2v) is 9.61. The number of fused-ring (bicyclic) bond motifs is 3. The molecule has 2 aliphatic rings. The maximum Gasteiger partial charge on any atom is 0.354 e. The number of hydrogen-bond donors (Lipinski definition) is 3. The van der Waals surface area contributed by atoms with Gasteiger partial charge in [0.25, 0.3) is 0 Å². The number of carboxylic acids is 1. The third-order valence-electron chi connectivity index (χ3n) is 6.88. The fourth-order valence-corrected chi connectivity index (χ4v) is 5.00. The molecule has 2 aromatic rings. The van der Waals surface area contributed by atoms with Crippen molar-refractivity contribution in [3.05, 3.63) is 59.4 Å². The molecule has 3 heterocycles. The van der Waals surface area contributed by atoms with Crippen LogP contribution in [-0.2, 0) is 13.0 Å². The van der Waals surface area contributed by atoms with Crippen molar-refractivity contribution in [1.29, 1.82) is 0 Å². The third-order valence-corrected chi connectivity index (χ3v) is 6.88. The minimum atomic E-state index is -0.972. The van der Waals surface area contributed by atoms with Gasteiger partial charge in [-0.1, -0.05) is 18.2 Å². The van der Waals surface area contributed by atoms with E-state index >= 15 is 0 Å². The van der Waals surface area contributed by atoms with Gasteiger partial charge in [-0.15, -0.1) is 0 Å². The summed E-state index contributed by atoms with van der Waals surface area (Å²) in [4.78, 5) is 23.3. The topological polar surface area (TPSA) is 98.0 Å². The summed E-state index contributed by atoms with van der Waals surface area (Å²) in [6, 6.07) is 13.6. The van der Waals surface area contributed by atoms with Crippen LogP contribution in [0.5, 0.6) is 0 Å². The average Bonchev–Trinajstić information content (AvgIpc) is 2.84. The summed E-state index contributed by atoms with van der Waals surface area (Å²) in [5.74, 6) is -0.430. The first-order valence-electron chi connectivity index (χ1n) is 12.5. The first kappa shape index (κ1) is 24.6. The molecule has 184 valence electrons. The van der Waals surface area contributed by atoms with Crippen LogP contribution in [0.1, 0.15) is 28.2 Å². The summed E-state index contributed by atoms with van der Waals surface area (Å²) < 4.78 is 0. The van der Waals surface area contributed by atoms with Crippen LogP contribution in [0, 0.1) is 5.92 Å². The molecule has 2 aliphatic heterocycles. The minimum Gasteiger partial charge on any atom is -0.477 e. The Morgan fingerprint density at radius 3 is 2.62 bits per heavy atom. The molecule has 0 aliphatic carbocycles. The predicted octanol–water partition coefficient (Wildman–Crippen LogP) is 1.63. The molecule has 0 spiro atoms. The maximum atomic E-state index is 11.3. The fourth-order valence-electron chi connectivity index (χ4n) is 5.00. The number of carbonyl (C=O) groups is 1. The molecule has 8 heteroatoms. The highest BCUT2D eigenvalue weighted by molar-refractivity contribution is 5.85. The molecule has 0 saturated carbocycles. The van der Waals surface area contributed by atoms with Crippen molar-refractivity contribution in [2.45, 2.75) is 19.4 Å². The van der Waals surface area contributed by atoms with E-state index in [4.69, 9.17) is 5.73 Å². The van der Waals surface area contributed by atoms with E-state index in [2.05, 4.69) is 37.1 Å². The number of nitrogens with two attached hydrogens (primary N) is 1. The Morgan fingerprint density at radius 1 is 1.00 bits per heavy atom. The molecule has 0 amide bonds. The molecule has 2 fully saturated rings. The highest BCUT2D eigenvalue weighted by Crippen LogP contribution is 2.15. The van der Waals surface area contributed by atoms with Crippen LogP contribution in [-0.4, -0.2) is 96.2 Å². The maximum absolute atomic E-state index is 11.3. The molecule has 8 nitrogen and oxygen atoms in total. The van der Waals surface area contributed by atoms with Gasteiger partial charge in [-0.05, 0) is 68.2 Å². The molecule has 2 bridgehead atoms. The Bertz CT molecular complexity index is 922. The van der Waals surface area contributed by atoms with Gasteiger partial charge in [0.15, 0.2) is 0 Å². The standard InChI is InChI=1S/C26H38N6O2/c27-23-7-5-21(6-8-23)17-22-18-28-9-12-30-10-2-11-31(15-16-32(19-22)14-13-30)20-24-3-1-4-25(29-24)26(33)34/h1,3-8,22,28H,2,9-20,27H2,(H,33,34). The van der Waals surface area contributed by atoms with E-state index in [1.54, 1.807) is 12.1 Å². The van der Waals surface area contributed by atoms with Gasteiger partial charge in [0.2, 0.25) is 0 Å². The van der Waals surface area contributed by atoms with E-state index in [9.17, 15) is 9.90 Å². The SMILES string of the molecule is Nc1ccc(CC2CNCCN3CCCN(Cc4cccc(C(=O)O)n4)CCN(CC3)C2)cc1. The number of anilines is 1. The number of carboxylic acid groups (broad SMARTS) is 1. The number of hydrogen-bond acceptors (Lipinski definition) is 7. The molecule has 0 radical (unpaired) electrons.